The predicted molar refractivity (Wildman–Crippen MR) is 148 cm³/mol. The van der Waals surface area contributed by atoms with E-state index in [9.17, 15) is 0 Å². The number of imidazole rings is 1. The second-order valence-electron chi connectivity index (χ2n) is 13.3. The molecule has 0 saturated carbocycles. The molecule has 3 atom stereocenters. The Hall–Kier alpha value is -1.34. The number of rotatable bonds is 6. The van der Waals surface area contributed by atoms with E-state index in [0.29, 0.717) is 23.6 Å². The Morgan fingerprint density at radius 2 is 1.56 bits per heavy atom. The summed E-state index contributed by atoms with van der Waals surface area (Å²) in [6, 6.07) is 4.98. The summed E-state index contributed by atoms with van der Waals surface area (Å²) in [5.41, 5.74) is 7.41. The number of anilines is 1. The summed E-state index contributed by atoms with van der Waals surface area (Å²) >= 11 is 0. The molecular formula is C26H45N5O3Si2. The van der Waals surface area contributed by atoms with Crippen LogP contribution in [0.25, 0.3) is 11.2 Å². The molecule has 2 aromatic heterocycles. The summed E-state index contributed by atoms with van der Waals surface area (Å²) in [5.74, 6) is 0.397. The Kier molecular flexibility index (Phi) is 6.89. The van der Waals surface area contributed by atoms with Crippen molar-refractivity contribution in [2.45, 2.75) is 126 Å². The van der Waals surface area contributed by atoms with Crippen molar-refractivity contribution in [2.24, 2.45) is 0 Å². The van der Waals surface area contributed by atoms with Crippen molar-refractivity contribution in [1.82, 2.24) is 19.5 Å². The Morgan fingerprint density at radius 1 is 0.944 bits per heavy atom. The molecule has 10 heteroatoms. The van der Waals surface area contributed by atoms with Crippen molar-refractivity contribution >= 4 is 33.6 Å². The van der Waals surface area contributed by atoms with Gasteiger partial charge in [0.15, 0.2) is 28.1 Å². The van der Waals surface area contributed by atoms with Gasteiger partial charge < -0.3 is 19.3 Å². The fraction of sp³-hybridized carbons (Fsp3) is 0.808. The van der Waals surface area contributed by atoms with E-state index in [1.807, 2.05) is 4.57 Å². The first-order chi connectivity index (χ1) is 16.9. The molecule has 3 saturated heterocycles. The molecule has 200 valence electrons. The largest absolute Gasteiger partial charge is 0.414 e. The fourth-order valence-electron chi connectivity index (χ4n) is 6.81. The molecule has 3 aliphatic heterocycles. The average molecular weight is 532 g/mol. The number of ether oxygens (including phenoxy) is 1. The molecule has 5 rings (SSSR count). The van der Waals surface area contributed by atoms with Gasteiger partial charge in [-0.1, -0.05) is 67.2 Å². The maximum Gasteiger partial charge on any atom is 0.198 e. The summed E-state index contributed by atoms with van der Waals surface area (Å²) in [5, 5.41) is 0.420. The Labute approximate surface area is 218 Å². The number of fused-ring (bicyclic) bond motifs is 1. The third-order valence-corrected chi connectivity index (χ3v) is 20.9. The summed E-state index contributed by atoms with van der Waals surface area (Å²) in [6.07, 6.45) is 8.93. The van der Waals surface area contributed by atoms with Crippen molar-refractivity contribution in [3.63, 3.8) is 0 Å². The van der Waals surface area contributed by atoms with Crippen molar-refractivity contribution in [3.8, 4) is 0 Å². The molecule has 2 aromatic rings. The lowest BCUT2D eigenvalue weighted by Gasteiger charge is -2.43. The van der Waals surface area contributed by atoms with Crippen molar-refractivity contribution < 1.29 is 13.6 Å². The Balaban J connectivity index is 1.43. The van der Waals surface area contributed by atoms with Gasteiger partial charge in [-0.3, -0.25) is 4.57 Å². The highest BCUT2D eigenvalue weighted by atomic mass is 28.4. The molecule has 8 nitrogen and oxygen atoms in total. The molecule has 0 radical (unpaired) electrons. The molecule has 0 spiro atoms. The van der Waals surface area contributed by atoms with E-state index < -0.39 is 16.6 Å². The molecule has 0 aliphatic carbocycles. The third-order valence-electron chi connectivity index (χ3n) is 9.33. The molecule has 0 amide bonds. The van der Waals surface area contributed by atoms with Gasteiger partial charge in [-0.15, -0.1) is 0 Å². The Bertz CT molecular complexity index is 1070. The highest BCUT2D eigenvalue weighted by Crippen LogP contribution is 2.52. The third kappa shape index (κ3) is 4.57. The smallest absolute Gasteiger partial charge is 0.198 e. The zero-order chi connectivity index (χ0) is 25.8. The van der Waals surface area contributed by atoms with E-state index in [-0.39, 0.29) is 28.5 Å². The van der Waals surface area contributed by atoms with Crippen LogP contribution >= 0.6 is 0 Å². The molecular weight excluding hydrogens is 486 g/mol. The zero-order valence-corrected chi connectivity index (χ0v) is 25.0. The van der Waals surface area contributed by atoms with Crippen LogP contribution in [-0.4, -0.2) is 55.0 Å². The van der Waals surface area contributed by atoms with Gasteiger partial charge in [-0.25, -0.2) is 15.0 Å². The number of nitrogens with zero attached hydrogens (tertiary/aromatic N) is 4. The molecule has 3 fully saturated rings. The van der Waals surface area contributed by atoms with Gasteiger partial charge in [0.05, 0.1) is 19.0 Å². The van der Waals surface area contributed by atoms with E-state index in [1.54, 1.807) is 6.33 Å². The van der Waals surface area contributed by atoms with Gasteiger partial charge in [-0.05, 0) is 34.3 Å². The summed E-state index contributed by atoms with van der Waals surface area (Å²) < 4.78 is 23.1. The lowest BCUT2D eigenvalue weighted by molar-refractivity contribution is -0.0389. The number of nitrogens with two attached hydrogens (primary N) is 1. The lowest BCUT2D eigenvalue weighted by Crippen LogP contribution is -2.51. The molecule has 0 aromatic carbocycles. The highest BCUT2D eigenvalue weighted by molar-refractivity contribution is 6.77. The van der Waals surface area contributed by atoms with Crippen molar-refractivity contribution in [2.75, 3.05) is 12.3 Å². The van der Waals surface area contributed by atoms with Crippen LogP contribution < -0.4 is 5.73 Å². The maximum atomic E-state index is 7.29. The van der Waals surface area contributed by atoms with E-state index in [1.165, 1.54) is 56.2 Å². The topological polar surface area (TPSA) is 97.3 Å². The molecule has 1 unspecified atom stereocenters. The number of hydrogen-bond donors (Lipinski definition) is 1. The van der Waals surface area contributed by atoms with Crippen molar-refractivity contribution in [1.29, 1.82) is 0 Å². The number of nitrogen functional groups attached to an aromatic ring is 1. The van der Waals surface area contributed by atoms with E-state index in [0.717, 1.165) is 6.42 Å². The van der Waals surface area contributed by atoms with Gasteiger partial charge in [0, 0.05) is 6.42 Å². The minimum atomic E-state index is -1.93. The monoisotopic (exact) mass is 531 g/mol. The second-order valence-corrected chi connectivity index (χ2v) is 22.8. The van der Waals surface area contributed by atoms with Crippen LogP contribution in [-0.2, 0) is 13.6 Å². The van der Waals surface area contributed by atoms with Crippen LogP contribution in [0.15, 0.2) is 12.7 Å². The standard InChI is InChI=1S/C26H45N5O3Si2/c1-25(2,3)35(11-7-8-12-35)32-16-20-19(34-36(26(4,5)6)13-9-10-14-36)15-21(33-20)31-18-30-22-23(27)28-17-29-24(22)31/h17-21H,7-16H2,1-6H3,(H2,27,28,29)/t19-,20+,21?/m1/s1. The van der Waals surface area contributed by atoms with Gasteiger partial charge in [0.25, 0.3) is 0 Å². The SMILES string of the molecule is CC(C)(C)[Si]1(OC[C@@H]2OC(n3cnc4c(N)ncnc43)C[C@H]2O[Si]2(C(C)(C)C)CCCC2)CCCC1. The normalized spacial score (nSPS) is 28.3. The minimum Gasteiger partial charge on any atom is -0.414 e. The van der Waals surface area contributed by atoms with Crippen LogP contribution in [0.4, 0.5) is 5.82 Å². The maximum absolute atomic E-state index is 7.29. The van der Waals surface area contributed by atoms with Crippen LogP contribution in [0.1, 0.15) is 79.9 Å². The first-order valence-corrected chi connectivity index (χ1v) is 18.5. The highest BCUT2D eigenvalue weighted by Gasteiger charge is 2.54. The van der Waals surface area contributed by atoms with Crippen LogP contribution in [0.3, 0.4) is 0 Å². The summed E-state index contributed by atoms with van der Waals surface area (Å²) in [7, 11) is -3.78. The first kappa shape index (κ1) is 26.3. The van der Waals surface area contributed by atoms with E-state index >= 15 is 0 Å². The van der Waals surface area contributed by atoms with Gasteiger partial charge in [0.2, 0.25) is 0 Å². The summed E-state index contributed by atoms with van der Waals surface area (Å²) in [4.78, 5) is 13.1. The number of hydrogen-bond acceptors (Lipinski definition) is 7. The van der Waals surface area contributed by atoms with Gasteiger partial charge in [-0.2, -0.15) is 0 Å². The second kappa shape index (κ2) is 9.45. The van der Waals surface area contributed by atoms with Gasteiger partial charge in [0.1, 0.15) is 24.2 Å². The van der Waals surface area contributed by atoms with E-state index in [4.69, 9.17) is 19.3 Å². The van der Waals surface area contributed by atoms with Crippen LogP contribution in [0, 0.1) is 0 Å². The predicted octanol–water partition coefficient (Wildman–Crippen LogP) is 6.18. The number of aromatic nitrogens is 4. The molecule has 5 heterocycles. The van der Waals surface area contributed by atoms with Gasteiger partial charge >= 0.3 is 0 Å². The first-order valence-electron chi connectivity index (χ1n) is 13.9. The Morgan fingerprint density at radius 3 is 2.17 bits per heavy atom. The lowest BCUT2D eigenvalue weighted by atomic mass is 10.2. The molecule has 3 aliphatic rings. The van der Waals surface area contributed by atoms with E-state index in [2.05, 4.69) is 56.5 Å². The molecule has 0 bridgehead atoms. The zero-order valence-electron chi connectivity index (χ0n) is 23.0. The summed E-state index contributed by atoms with van der Waals surface area (Å²) in [6.45, 7) is 14.9. The average Bonchev–Trinajstić information content (AvgIpc) is 3.58. The minimum absolute atomic E-state index is 0.0167. The fourth-order valence-corrected chi connectivity index (χ4v) is 16.2. The van der Waals surface area contributed by atoms with Crippen LogP contribution in [0.2, 0.25) is 34.3 Å². The quantitative estimate of drug-likeness (QED) is 0.445. The molecule has 2 N–H and O–H groups in total. The van der Waals surface area contributed by atoms with Crippen LogP contribution in [0.5, 0.6) is 0 Å². The molecule has 36 heavy (non-hydrogen) atoms. The van der Waals surface area contributed by atoms with Crippen molar-refractivity contribution in [3.05, 3.63) is 12.7 Å².